The Labute approximate surface area is 111 Å². The van der Waals surface area contributed by atoms with Gasteiger partial charge in [-0.05, 0) is 31.5 Å². The molecule has 1 aromatic carbocycles. The summed E-state index contributed by atoms with van der Waals surface area (Å²) >= 11 is 0. The largest absolute Gasteiger partial charge is 0.477 e. The average Bonchev–Trinajstić information content (AvgIpc) is 2.39. The van der Waals surface area contributed by atoms with Gasteiger partial charge in [-0.3, -0.25) is 0 Å². The lowest BCUT2D eigenvalue weighted by Crippen LogP contribution is -2.26. The normalized spacial score (nSPS) is 11.1. The Morgan fingerprint density at radius 1 is 1.16 bits per heavy atom. The molecule has 19 heavy (non-hydrogen) atoms. The van der Waals surface area contributed by atoms with Crippen LogP contribution in [0, 0.1) is 0 Å². The van der Waals surface area contributed by atoms with E-state index in [0.29, 0.717) is 0 Å². The zero-order chi connectivity index (χ0) is 13.9. The van der Waals surface area contributed by atoms with E-state index in [1.165, 1.54) is 12.3 Å². The molecule has 0 amide bonds. The maximum absolute atomic E-state index is 11.1. The number of carbonyl (C=O) groups is 1. The molecule has 4 heteroatoms. The topological polar surface area (TPSA) is 59.4 Å². The first kappa shape index (κ1) is 13.1. The van der Waals surface area contributed by atoms with Crippen LogP contribution in [0.25, 0.3) is 0 Å². The van der Waals surface area contributed by atoms with Crippen LogP contribution in [0.2, 0.25) is 0 Å². The molecule has 0 aliphatic heterocycles. The maximum Gasteiger partial charge on any atom is 0.341 e. The highest BCUT2D eigenvalue weighted by molar-refractivity contribution is 5.90. The second kappa shape index (κ2) is 5.10. The van der Waals surface area contributed by atoms with Crippen molar-refractivity contribution in [1.82, 2.24) is 4.98 Å². The molecule has 0 bridgehead atoms. The molecule has 98 valence electrons. The van der Waals surface area contributed by atoms with Gasteiger partial charge in [0.1, 0.15) is 11.2 Å². The molecule has 0 fully saturated rings. The molecule has 4 nitrogen and oxygen atoms in total. The van der Waals surface area contributed by atoms with Gasteiger partial charge in [0.05, 0.1) is 0 Å². The summed E-state index contributed by atoms with van der Waals surface area (Å²) < 4.78 is 5.79. The fourth-order valence-electron chi connectivity index (χ4n) is 1.78. The Kier molecular flexibility index (Phi) is 3.51. The van der Waals surface area contributed by atoms with Crippen LogP contribution in [0.4, 0.5) is 0 Å². The molecular weight excluding hydrogens is 242 g/mol. The molecule has 0 aliphatic carbocycles. The number of hydrogen-bond donors (Lipinski definition) is 1. The molecule has 2 aromatic rings. The number of pyridine rings is 1. The molecule has 0 spiro atoms. The number of carboxylic acid groups (broad SMARTS) is 1. The molecule has 0 saturated heterocycles. The lowest BCUT2D eigenvalue weighted by molar-refractivity contribution is 0.0665. The van der Waals surface area contributed by atoms with E-state index in [0.717, 1.165) is 5.56 Å². The van der Waals surface area contributed by atoms with Gasteiger partial charge in [-0.25, -0.2) is 9.78 Å². The molecule has 0 atom stereocenters. The Morgan fingerprint density at radius 2 is 1.84 bits per heavy atom. The first-order chi connectivity index (χ1) is 9.00. The van der Waals surface area contributed by atoms with E-state index >= 15 is 0 Å². The molecule has 2 rings (SSSR count). The monoisotopic (exact) mass is 257 g/mol. The lowest BCUT2D eigenvalue weighted by atomic mass is 9.98. The number of nitrogens with zero attached hydrogens (tertiary/aromatic N) is 1. The fraction of sp³-hybridized carbons (Fsp3) is 0.200. The van der Waals surface area contributed by atoms with Crippen molar-refractivity contribution in [3.63, 3.8) is 0 Å². The van der Waals surface area contributed by atoms with Crippen LogP contribution in [0.1, 0.15) is 29.8 Å². The SMILES string of the molecule is CC(C)(Oc1ncccc1C(=O)O)c1ccccc1. The summed E-state index contributed by atoms with van der Waals surface area (Å²) in [5, 5.41) is 9.11. The zero-order valence-corrected chi connectivity index (χ0v) is 10.8. The zero-order valence-electron chi connectivity index (χ0n) is 10.8. The number of rotatable bonds is 4. The average molecular weight is 257 g/mol. The molecule has 0 unspecified atom stereocenters. The summed E-state index contributed by atoms with van der Waals surface area (Å²) in [6, 6.07) is 12.7. The summed E-state index contributed by atoms with van der Waals surface area (Å²) in [5.74, 6) is -0.921. The molecule has 0 saturated carbocycles. The van der Waals surface area contributed by atoms with Gasteiger partial charge in [0.2, 0.25) is 5.88 Å². The van der Waals surface area contributed by atoms with E-state index in [4.69, 9.17) is 9.84 Å². The van der Waals surface area contributed by atoms with E-state index < -0.39 is 11.6 Å². The smallest absolute Gasteiger partial charge is 0.341 e. The molecule has 0 radical (unpaired) electrons. The molecule has 1 N–H and O–H groups in total. The first-order valence-corrected chi connectivity index (χ1v) is 5.93. The summed E-state index contributed by atoms with van der Waals surface area (Å²) in [5.41, 5.74) is 0.364. The van der Waals surface area contributed by atoms with Crippen LogP contribution in [-0.4, -0.2) is 16.1 Å². The van der Waals surface area contributed by atoms with Gasteiger partial charge >= 0.3 is 5.97 Å². The third kappa shape index (κ3) is 2.91. The third-order valence-corrected chi connectivity index (χ3v) is 2.82. The van der Waals surface area contributed by atoms with E-state index in [2.05, 4.69) is 4.98 Å². The minimum Gasteiger partial charge on any atom is -0.477 e. The number of aromatic nitrogens is 1. The maximum atomic E-state index is 11.1. The Morgan fingerprint density at radius 3 is 2.47 bits per heavy atom. The van der Waals surface area contributed by atoms with Gasteiger partial charge in [-0.1, -0.05) is 30.3 Å². The van der Waals surface area contributed by atoms with Gasteiger partial charge in [0.15, 0.2) is 0 Å². The Balaban J connectivity index is 2.33. The van der Waals surface area contributed by atoms with Gasteiger partial charge in [0.25, 0.3) is 0 Å². The van der Waals surface area contributed by atoms with Crippen molar-refractivity contribution >= 4 is 5.97 Å². The third-order valence-electron chi connectivity index (χ3n) is 2.82. The second-order valence-corrected chi connectivity index (χ2v) is 4.64. The Bertz CT molecular complexity index is 579. The predicted molar refractivity (Wildman–Crippen MR) is 71.3 cm³/mol. The van der Waals surface area contributed by atoms with Gasteiger partial charge < -0.3 is 9.84 Å². The first-order valence-electron chi connectivity index (χ1n) is 5.93. The van der Waals surface area contributed by atoms with E-state index in [1.54, 1.807) is 6.07 Å². The van der Waals surface area contributed by atoms with Crippen molar-refractivity contribution in [2.45, 2.75) is 19.4 Å². The minimum atomic E-state index is -1.05. The number of hydrogen-bond acceptors (Lipinski definition) is 3. The van der Waals surface area contributed by atoms with Crippen molar-refractivity contribution in [1.29, 1.82) is 0 Å². The van der Waals surface area contributed by atoms with E-state index in [1.807, 2.05) is 44.2 Å². The quantitative estimate of drug-likeness (QED) is 0.914. The number of benzene rings is 1. The number of aromatic carboxylic acids is 1. The predicted octanol–water partition coefficient (Wildman–Crippen LogP) is 3.09. The van der Waals surface area contributed by atoms with Gasteiger partial charge in [-0.2, -0.15) is 0 Å². The summed E-state index contributed by atoms with van der Waals surface area (Å²) in [4.78, 5) is 15.1. The summed E-state index contributed by atoms with van der Waals surface area (Å²) in [7, 11) is 0. The number of ether oxygens (including phenoxy) is 1. The van der Waals surface area contributed by atoms with Crippen molar-refractivity contribution in [2.24, 2.45) is 0 Å². The highest BCUT2D eigenvalue weighted by Gasteiger charge is 2.25. The van der Waals surface area contributed by atoms with Crippen molar-refractivity contribution < 1.29 is 14.6 Å². The van der Waals surface area contributed by atoms with E-state index in [9.17, 15) is 4.79 Å². The molecule has 1 heterocycles. The van der Waals surface area contributed by atoms with Gasteiger partial charge in [-0.15, -0.1) is 0 Å². The summed E-state index contributed by atoms with van der Waals surface area (Å²) in [6.07, 6.45) is 1.52. The second-order valence-electron chi connectivity index (χ2n) is 4.64. The van der Waals surface area contributed by atoms with Crippen LogP contribution in [0.15, 0.2) is 48.7 Å². The fourth-order valence-corrected chi connectivity index (χ4v) is 1.78. The van der Waals surface area contributed by atoms with Crippen molar-refractivity contribution in [3.8, 4) is 5.88 Å². The minimum absolute atomic E-state index is 0.0616. The lowest BCUT2D eigenvalue weighted by Gasteiger charge is -2.26. The van der Waals surface area contributed by atoms with E-state index in [-0.39, 0.29) is 11.4 Å². The van der Waals surface area contributed by atoms with Crippen LogP contribution in [0.3, 0.4) is 0 Å². The molecule has 1 aromatic heterocycles. The molecule has 0 aliphatic rings. The van der Waals surface area contributed by atoms with Crippen molar-refractivity contribution in [2.75, 3.05) is 0 Å². The van der Waals surface area contributed by atoms with Crippen LogP contribution in [0.5, 0.6) is 5.88 Å². The van der Waals surface area contributed by atoms with Crippen LogP contribution in [-0.2, 0) is 5.60 Å². The highest BCUT2D eigenvalue weighted by Crippen LogP contribution is 2.28. The number of carboxylic acids is 1. The van der Waals surface area contributed by atoms with Crippen LogP contribution < -0.4 is 4.74 Å². The summed E-state index contributed by atoms with van der Waals surface area (Å²) in [6.45, 7) is 3.76. The molecular formula is C15H15NO3. The Hall–Kier alpha value is -2.36. The highest BCUT2D eigenvalue weighted by atomic mass is 16.5. The van der Waals surface area contributed by atoms with Gasteiger partial charge in [0, 0.05) is 6.20 Å². The standard InChI is InChI=1S/C15H15NO3/c1-15(2,11-7-4-3-5-8-11)19-13-12(14(17)18)9-6-10-16-13/h3-10H,1-2H3,(H,17,18). The van der Waals surface area contributed by atoms with Crippen molar-refractivity contribution in [3.05, 3.63) is 59.8 Å². The van der Waals surface area contributed by atoms with Crippen LogP contribution >= 0.6 is 0 Å².